The molecule has 1 amide bonds. The second kappa shape index (κ2) is 6.61. The van der Waals surface area contributed by atoms with Crippen LogP contribution in [-0.4, -0.2) is 20.9 Å². The highest BCUT2D eigenvalue weighted by Crippen LogP contribution is 2.31. The molecule has 7 heteroatoms. The van der Waals surface area contributed by atoms with E-state index in [0.717, 1.165) is 28.6 Å². The standard InChI is InChI=1S/C19H13FN4OS/c20-14-8-6-12(7-9-14)17-13(10-16-18(25)22-19(21)26-16)11-24(23-17)15-4-2-1-3-5-15/h1-11H,(H2,21,22,25). The minimum absolute atomic E-state index is 0.222. The number of nitrogens with two attached hydrogens (primary N) is 1. The van der Waals surface area contributed by atoms with E-state index < -0.39 is 0 Å². The van der Waals surface area contributed by atoms with Crippen molar-refractivity contribution in [1.29, 1.82) is 0 Å². The minimum atomic E-state index is -0.370. The summed E-state index contributed by atoms with van der Waals surface area (Å²) in [5.74, 6) is -0.691. The summed E-state index contributed by atoms with van der Waals surface area (Å²) in [5.41, 5.74) is 8.61. The fourth-order valence-corrected chi connectivity index (χ4v) is 3.28. The van der Waals surface area contributed by atoms with Crippen molar-refractivity contribution in [2.45, 2.75) is 0 Å². The molecule has 0 spiro atoms. The van der Waals surface area contributed by atoms with Crippen LogP contribution in [0.2, 0.25) is 0 Å². The van der Waals surface area contributed by atoms with Crippen LogP contribution in [0.1, 0.15) is 5.56 Å². The van der Waals surface area contributed by atoms with E-state index in [4.69, 9.17) is 5.73 Å². The first-order chi connectivity index (χ1) is 12.6. The Balaban J connectivity index is 1.83. The predicted molar refractivity (Wildman–Crippen MR) is 101 cm³/mol. The SMILES string of the molecule is NC1=NC(=O)C(=Cc2cn(-c3ccccc3)nc2-c2ccc(F)cc2)S1. The Morgan fingerprint density at radius 3 is 2.46 bits per heavy atom. The van der Waals surface area contributed by atoms with E-state index in [2.05, 4.69) is 10.1 Å². The molecule has 0 saturated carbocycles. The number of amides is 1. The summed E-state index contributed by atoms with van der Waals surface area (Å²) >= 11 is 1.12. The molecule has 128 valence electrons. The van der Waals surface area contributed by atoms with Gasteiger partial charge in [0.05, 0.1) is 16.3 Å². The van der Waals surface area contributed by atoms with Gasteiger partial charge in [-0.05, 0) is 54.2 Å². The number of amidine groups is 1. The van der Waals surface area contributed by atoms with Gasteiger partial charge >= 0.3 is 0 Å². The van der Waals surface area contributed by atoms with Crippen LogP contribution in [0.5, 0.6) is 0 Å². The zero-order valence-electron chi connectivity index (χ0n) is 13.5. The van der Waals surface area contributed by atoms with Gasteiger partial charge in [-0.25, -0.2) is 9.07 Å². The molecular formula is C19H13FN4OS. The van der Waals surface area contributed by atoms with Crippen molar-refractivity contribution in [1.82, 2.24) is 9.78 Å². The monoisotopic (exact) mass is 364 g/mol. The van der Waals surface area contributed by atoms with E-state index in [9.17, 15) is 9.18 Å². The number of hydrogen-bond acceptors (Lipinski definition) is 4. The van der Waals surface area contributed by atoms with E-state index in [1.54, 1.807) is 22.9 Å². The van der Waals surface area contributed by atoms with Crippen LogP contribution in [0.3, 0.4) is 0 Å². The lowest BCUT2D eigenvalue weighted by molar-refractivity contribution is -0.113. The molecule has 0 bridgehead atoms. The second-order valence-electron chi connectivity index (χ2n) is 5.59. The van der Waals surface area contributed by atoms with E-state index in [1.165, 1.54) is 12.1 Å². The highest BCUT2D eigenvalue weighted by atomic mass is 32.2. The third kappa shape index (κ3) is 3.16. The van der Waals surface area contributed by atoms with Crippen molar-refractivity contribution in [3.8, 4) is 16.9 Å². The van der Waals surface area contributed by atoms with Gasteiger partial charge in [-0.15, -0.1) is 0 Å². The van der Waals surface area contributed by atoms with Gasteiger partial charge in [0.25, 0.3) is 5.91 Å². The van der Waals surface area contributed by atoms with Crippen molar-refractivity contribution < 1.29 is 9.18 Å². The molecule has 2 heterocycles. The molecule has 1 aliphatic rings. The van der Waals surface area contributed by atoms with Gasteiger partial charge in [0.15, 0.2) is 5.17 Å². The second-order valence-corrected chi connectivity index (χ2v) is 6.65. The zero-order valence-corrected chi connectivity index (χ0v) is 14.3. The number of aliphatic imine (C=N–C) groups is 1. The highest BCUT2D eigenvalue weighted by molar-refractivity contribution is 8.18. The quantitative estimate of drug-likeness (QED) is 0.721. The Hall–Kier alpha value is -3.19. The maximum absolute atomic E-state index is 13.3. The zero-order chi connectivity index (χ0) is 18.1. The van der Waals surface area contributed by atoms with Crippen molar-refractivity contribution in [3.63, 3.8) is 0 Å². The van der Waals surface area contributed by atoms with Crippen LogP contribution in [-0.2, 0) is 4.79 Å². The third-order valence-corrected chi connectivity index (χ3v) is 4.62. The molecule has 0 unspecified atom stereocenters. The molecule has 0 radical (unpaired) electrons. The molecule has 0 saturated heterocycles. The number of carbonyl (C=O) groups excluding carboxylic acids is 1. The maximum Gasteiger partial charge on any atom is 0.286 e. The summed E-state index contributed by atoms with van der Waals surface area (Å²) in [5, 5.41) is 4.85. The number of hydrogen-bond donors (Lipinski definition) is 1. The van der Waals surface area contributed by atoms with Gasteiger partial charge in [0.2, 0.25) is 0 Å². The molecule has 0 aliphatic carbocycles. The summed E-state index contributed by atoms with van der Waals surface area (Å²) in [7, 11) is 0. The smallest absolute Gasteiger partial charge is 0.286 e. The summed E-state index contributed by atoms with van der Waals surface area (Å²) in [6.45, 7) is 0. The molecule has 4 rings (SSSR count). The predicted octanol–water partition coefficient (Wildman–Crippen LogP) is 3.61. The number of halogens is 1. The topological polar surface area (TPSA) is 73.3 Å². The fourth-order valence-electron chi connectivity index (χ4n) is 2.60. The van der Waals surface area contributed by atoms with Crippen LogP contribution < -0.4 is 5.73 Å². The van der Waals surface area contributed by atoms with E-state index in [1.807, 2.05) is 36.5 Å². The molecule has 3 aromatic rings. The van der Waals surface area contributed by atoms with Gasteiger partial charge < -0.3 is 5.73 Å². The Kier molecular flexibility index (Phi) is 4.14. The molecule has 1 aromatic heterocycles. The van der Waals surface area contributed by atoms with Crippen LogP contribution in [0, 0.1) is 5.82 Å². The third-order valence-electron chi connectivity index (χ3n) is 3.80. The minimum Gasteiger partial charge on any atom is -0.378 e. The van der Waals surface area contributed by atoms with Gasteiger partial charge in [0.1, 0.15) is 5.82 Å². The molecule has 1 aliphatic heterocycles. The lowest BCUT2D eigenvalue weighted by Gasteiger charge is -2.00. The fraction of sp³-hybridized carbons (Fsp3) is 0. The summed E-state index contributed by atoms with van der Waals surface area (Å²) in [6, 6.07) is 15.7. The van der Waals surface area contributed by atoms with Crippen molar-refractivity contribution in [3.05, 3.63) is 77.1 Å². The van der Waals surface area contributed by atoms with Crippen molar-refractivity contribution in [2.24, 2.45) is 10.7 Å². The van der Waals surface area contributed by atoms with Gasteiger partial charge in [-0.1, -0.05) is 18.2 Å². The van der Waals surface area contributed by atoms with Crippen LogP contribution >= 0.6 is 11.8 Å². The molecule has 26 heavy (non-hydrogen) atoms. The average molecular weight is 364 g/mol. The first kappa shape index (κ1) is 16.3. The van der Waals surface area contributed by atoms with Gasteiger partial charge in [-0.3, -0.25) is 4.79 Å². The number of nitrogens with zero attached hydrogens (tertiary/aromatic N) is 3. The summed E-state index contributed by atoms with van der Waals surface area (Å²) < 4.78 is 15.0. The number of carbonyl (C=O) groups is 1. The number of thioether (sulfide) groups is 1. The maximum atomic E-state index is 13.3. The van der Waals surface area contributed by atoms with Gasteiger partial charge in [0, 0.05) is 17.3 Å². The van der Waals surface area contributed by atoms with E-state index >= 15 is 0 Å². The molecule has 0 atom stereocenters. The lowest BCUT2D eigenvalue weighted by atomic mass is 10.1. The number of aromatic nitrogens is 2. The average Bonchev–Trinajstić information content (AvgIpc) is 3.20. The van der Waals surface area contributed by atoms with E-state index in [0.29, 0.717) is 10.6 Å². The van der Waals surface area contributed by atoms with Crippen LogP contribution in [0.25, 0.3) is 23.0 Å². The highest BCUT2D eigenvalue weighted by Gasteiger charge is 2.21. The van der Waals surface area contributed by atoms with Gasteiger partial charge in [-0.2, -0.15) is 10.1 Å². The molecule has 2 aromatic carbocycles. The molecule has 2 N–H and O–H groups in total. The van der Waals surface area contributed by atoms with Crippen molar-refractivity contribution in [2.75, 3.05) is 0 Å². The summed E-state index contributed by atoms with van der Waals surface area (Å²) in [6.07, 6.45) is 3.53. The Morgan fingerprint density at radius 1 is 1.08 bits per heavy atom. The van der Waals surface area contributed by atoms with Crippen LogP contribution in [0.15, 0.2) is 70.7 Å². The number of para-hydroxylation sites is 1. The van der Waals surface area contributed by atoms with Crippen LogP contribution in [0.4, 0.5) is 4.39 Å². The first-order valence-corrected chi connectivity index (χ1v) is 8.61. The van der Waals surface area contributed by atoms with Crippen molar-refractivity contribution >= 4 is 28.9 Å². The van der Waals surface area contributed by atoms with E-state index in [-0.39, 0.29) is 16.9 Å². The Morgan fingerprint density at radius 2 is 1.81 bits per heavy atom. The normalized spacial score (nSPS) is 15.5. The number of benzene rings is 2. The summed E-state index contributed by atoms with van der Waals surface area (Å²) in [4.78, 5) is 16.1. The molecular weight excluding hydrogens is 351 g/mol. The first-order valence-electron chi connectivity index (χ1n) is 7.79. The molecule has 5 nitrogen and oxygen atoms in total. The number of rotatable bonds is 3. The largest absolute Gasteiger partial charge is 0.378 e. The lowest BCUT2D eigenvalue weighted by Crippen LogP contribution is -2.01. The molecule has 0 fully saturated rings. The Bertz CT molecular complexity index is 1040. The Labute approximate surface area is 153 Å².